The predicted molar refractivity (Wildman–Crippen MR) is 102 cm³/mol. The van der Waals surface area contributed by atoms with Crippen molar-refractivity contribution in [3.05, 3.63) is 59.7 Å². The normalized spacial score (nSPS) is 26.2. The number of nitrogens with zero attached hydrogens (tertiary/aromatic N) is 2. The summed E-state index contributed by atoms with van der Waals surface area (Å²) in [4.78, 5) is 2.69. The highest BCUT2D eigenvalue weighted by molar-refractivity contribution is 5.64. The van der Waals surface area contributed by atoms with Crippen LogP contribution in [0, 0.1) is 17.2 Å². The van der Waals surface area contributed by atoms with Crippen LogP contribution >= 0.6 is 0 Å². The molecule has 2 fully saturated rings. The Labute approximate surface area is 151 Å². The van der Waals surface area contributed by atoms with Gasteiger partial charge in [0.2, 0.25) is 0 Å². The van der Waals surface area contributed by atoms with Crippen LogP contribution < -0.4 is 0 Å². The zero-order valence-corrected chi connectivity index (χ0v) is 15.0. The third-order valence-corrected chi connectivity index (χ3v) is 6.15. The van der Waals surface area contributed by atoms with Crippen LogP contribution in [0.2, 0.25) is 0 Å². The van der Waals surface area contributed by atoms with Crippen LogP contribution in [0.15, 0.2) is 48.5 Å². The lowest BCUT2D eigenvalue weighted by Crippen LogP contribution is -2.37. The van der Waals surface area contributed by atoms with E-state index in [1.165, 1.54) is 55.5 Å². The third-order valence-electron chi connectivity index (χ3n) is 6.15. The topological polar surface area (TPSA) is 27.0 Å². The number of nitriles is 1. The lowest BCUT2D eigenvalue weighted by Gasteiger charge is -2.39. The molecule has 0 spiro atoms. The van der Waals surface area contributed by atoms with Gasteiger partial charge in [0.25, 0.3) is 0 Å². The molecule has 2 aromatic carbocycles. The van der Waals surface area contributed by atoms with E-state index in [0.717, 1.165) is 17.9 Å². The van der Waals surface area contributed by atoms with Gasteiger partial charge in [-0.3, -0.25) is 0 Å². The fraction of sp³-hybridized carbons (Fsp3) is 0.435. The average Bonchev–Trinajstić information content (AvgIpc) is 3.03. The molecule has 0 unspecified atom stereocenters. The number of rotatable bonds is 4. The van der Waals surface area contributed by atoms with Crippen LogP contribution in [0.3, 0.4) is 0 Å². The molecule has 0 N–H and O–H groups in total. The Morgan fingerprint density at radius 2 is 1.64 bits per heavy atom. The summed E-state index contributed by atoms with van der Waals surface area (Å²) in [6, 6.07) is 19.9. The molecule has 0 radical (unpaired) electrons. The van der Waals surface area contributed by atoms with Crippen molar-refractivity contribution >= 4 is 0 Å². The van der Waals surface area contributed by atoms with E-state index >= 15 is 0 Å². The highest BCUT2D eigenvalue weighted by atomic mass is 15.2. The molecular formula is C23H26N2. The fourth-order valence-electron chi connectivity index (χ4n) is 4.44. The van der Waals surface area contributed by atoms with E-state index in [0.29, 0.717) is 5.56 Å². The van der Waals surface area contributed by atoms with Gasteiger partial charge in [-0.2, -0.15) is 5.26 Å². The van der Waals surface area contributed by atoms with Crippen LogP contribution in [0.4, 0.5) is 0 Å². The van der Waals surface area contributed by atoms with E-state index in [9.17, 15) is 0 Å². The number of benzene rings is 2. The van der Waals surface area contributed by atoms with Gasteiger partial charge >= 0.3 is 0 Å². The predicted octanol–water partition coefficient (Wildman–Crippen LogP) is 5.20. The van der Waals surface area contributed by atoms with Crippen molar-refractivity contribution in [1.82, 2.24) is 4.90 Å². The van der Waals surface area contributed by atoms with Crippen molar-refractivity contribution in [2.75, 3.05) is 13.1 Å². The standard InChI is InChI=1S/C23H26N2/c1-17-3-2-12-25(17)16-19-13-23(14-19)22-10-8-21(9-11-22)20-6-4-18(15-24)5-7-20/h4-11,17,19,23H,2-3,12-14,16H2,1H3/t17-,19-,23+/m1/s1. The maximum Gasteiger partial charge on any atom is 0.0991 e. The molecule has 2 nitrogen and oxygen atoms in total. The zero-order valence-electron chi connectivity index (χ0n) is 15.0. The molecule has 25 heavy (non-hydrogen) atoms. The summed E-state index contributed by atoms with van der Waals surface area (Å²) in [5, 5.41) is 8.90. The summed E-state index contributed by atoms with van der Waals surface area (Å²) < 4.78 is 0. The van der Waals surface area contributed by atoms with Gasteiger partial charge in [0.05, 0.1) is 11.6 Å². The van der Waals surface area contributed by atoms with Crippen LogP contribution in [0.1, 0.15) is 49.7 Å². The molecule has 1 saturated heterocycles. The minimum atomic E-state index is 0.716. The van der Waals surface area contributed by atoms with Crippen LogP contribution in [-0.4, -0.2) is 24.0 Å². The van der Waals surface area contributed by atoms with Crippen molar-refractivity contribution in [2.45, 2.75) is 44.6 Å². The summed E-state index contributed by atoms with van der Waals surface area (Å²) in [7, 11) is 0. The molecule has 1 heterocycles. The van der Waals surface area contributed by atoms with Gasteiger partial charge in [0.15, 0.2) is 0 Å². The Bertz CT molecular complexity index is 748. The van der Waals surface area contributed by atoms with Gasteiger partial charge < -0.3 is 4.90 Å². The zero-order chi connectivity index (χ0) is 17.2. The van der Waals surface area contributed by atoms with E-state index in [1.54, 1.807) is 0 Å². The monoisotopic (exact) mass is 330 g/mol. The largest absolute Gasteiger partial charge is 0.300 e. The number of hydrogen-bond acceptors (Lipinski definition) is 2. The first-order chi connectivity index (χ1) is 12.2. The SMILES string of the molecule is C[C@@H]1CCCN1C[C@H]1C[C@@H](c2ccc(-c3ccc(C#N)cc3)cc2)C1. The summed E-state index contributed by atoms with van der Waals surface area (Å²) >= 11 is 0. The lowest BCUT2D eigenvalue weighted by molar-refractivity contribution is 0.154. The molecule has 1 saturated carbocycles. The minimum absolute atomic E-state index is 0.716. The quantitative estimate of drug-likeness (QED) is 0.770. The summed E-state index contributed by atoms with van der Waals surface area (Å²) in [6.07, 6.45) is 5.46. The molecule has 2 aromatic rings. The number of likely N-dealkylation sites (tertiary alicyclic amines) is 1. The Morgan fingerprint density at radius 1 is 1.00 bits per heavy atom. The molecule has 0 amide bonds. The van der Waals surface area contributed by atoms with Crippen molar-refractivity contribution in [3.8, 4) is 17.2 Å². The maximum absolute atomic E-state index is 8.90. The Kier molecular flexibility index (Phi) is 4.59. The molecule has 0 aromatic heterocycles. The molecule has 1 aliphatic heterocycles. The van der Waals surface area contributed by atoms with E-state index in [4.69, 9.17) is 5.26 Å². The maximum atomic E-state index is 8.90. The molecule has 2 heteroatoms. The van der Waals surface area contributed by atoms with E-state index in [2.05, 4.69) is 42.2 Å². The average molecular weight is 330 g/mol. The first kappa shape index (κ1) is 16.4. The summed E-state index contributed by atoms with van der Waals surface area (Å²) in [5.74, 6) is 1.64. The first-order valence-electron chi connectivity index (χ1n) is 9.57. The minimum Gasteiger partial charge on any atom is -0.300 e. The van der Waals surface area contributed by atoms with Gasteiger partial charge in [-0.05, 0) is 79.8 Å². The van der Waals surface area contributed by atoms with E-state index in [1.807, 2.05) is 24.3 Å². The van der Waals surface area contributed by atoms with Crippen molar-refractivity contribution < 1.29 is 0 Å². The second-order valence-electron chi connectivity index (χ2n) is 7.83. The summed E-state index contributed by atoms with van der Waals surface area (Å²) in [6.45, 7) is 4.99. The molecule has 4 rings (SSSR count). The molecule has 128 valence electrons. The Balaban J connectivity index is 1.34. The number of hydrogen-bond donors (Lipinski definition) is 0. The third kappa shape index (κ3) is 3.48. The Hall–Kier alpha value is -2.11. The molecule has 2 aliphatic rings. The smallest absolute Gasteiger partial charge is 0.0991 e. The molecule has 0 bridgehead atoms. The first-order valence-corrected chi connectivity index (χ1v) is 9.57. The second-order valence-corrected chi connectivity index (χ2v) is 7.83. The van der Waals surface area contributed by atoms with Crippen LogP contribution in [-0.2, 0) is 0 Å². The molecule has 1 atom stereocenters. The van der Waals surface area contributed by atoms with Crippen LogP contribution in [0.25, 0.3) is 11.1 Å². The van der Waals surface area contributed by atoms with Crippen molar-refractivity contribution in [1.29, 1.82) is 5.26 Å². The Morgan fingerprint density at radius 3 is 2.20 bits per heavy atom. The second kappa shape index (κ2) is 7.02. The van der Waals surface area contributed by atoms with Crippen molar-refractivity contribution in [3.63, 3.8) is 0 Å². The van der Waals surface area contributed by atoms with Crippen LogP contribution in [0.5, 0.6) is 0 Å². The van der Waals surface area contributed by atoms with Gasteiger partial charge in [-0.1, -0.05) is 36.4 Å². The van der Waals surface area contributed by atoms with Gasteiger partial charge in [0, 0.05) is 12.6 Å². The van der Waals surface area contributed by atoms with Gasteiger partial charge in [0.1, 0.15) is 0 Å². The van der Waals surface area contributed by atoms with Crippen molar-refractivity contribution in [2.24, 2.45) is 5.92 Å². The summed E-state index contributed by atoms with van der Waals surface area (Å²) in [5.41, 5.74) is 4.62. The molecular weight excluding hydrogens is 304 g/mol. The fourth-order valence-corrected chi connectivity index (χ4v) is 4.44. The lowest BCUT2D eigenvalue weighted by atomic mass is 9.71. The van der Waals surface area contributed by atoms with E-state index in [-0.39, 0.29) is 0 Å². The highest BCUT2D eigenvalue weighted by Gasteiger charge is 2.33. The van der Waals surface area contributed by atoms with E-state index < -0.39 is 0 Å². The van der Waals surface area contributed by atoms with Gasteiger partial charge in [-0.15, -0.1) is 0 Å². The molecule has 1 aliphatic carbocycles. The van der Waals surface area contributed by atoms with Gasteiger partial charge in [-0.25, -0.2) is 0 Å². The highest BCUT2D eigenvalue weighted by Crippen LogP contribution is 2.43.